The second-order valence-electron chi connectivity index (χ2n) is 9.03. The molecule has 1 unspecified atom stereocenters. The summed E-state index contributed by atoms with van der Waals surface area (Å²) < 4.78 is 4.04. The molecule has 1 aliphatic heterocycles. The monoisotopic (exact) mass is 512 g/mol. The molecular weight excluding hydrogens is 480 g/mol. The Morgan fingerprint density at radius 1 is 0.868 bits per heavy atom. The predicted molar refractivity (Wildman–Crippen MR) is 139 cm³/mol. The first-order valence-corrected chi connectivity index (χ1v) is 12.1. The second kappa shape index (κ2) is 13.6. The van der Waals surface area contributed by atoms with Crippen LogP contribution in [0.1, 0.15) is 21.5 Å². The molecule has 0 spiro atoms. The van der Waals surface area contributed by atoms with E-state index in [-0.39, 0.29) is 10.0 Å². The van der Waals surface area contributed by atoms with Gasteiger partial charge in [-0.2, -0.15) is 0 Å². The third-order valence-corrected chi connectivity index (χ3v) is 5.79. The van der Waals surface area contributed by atoms with Crippen LogP contribution in [0.25, 0.3) is 0 Å². The molecule has 1 atom stereocenters. The SMILES string of the molecule is CN1C=C[N+](Cc2ccccc2)(C(=O)[O-])C1.C[n+]1ccn(Cc2ccccc2)c1.O=C([O-])c1ccccc1. The molecule has 0 fully saturated rings. The molecule has 38 heavy (non-hydrogen) atoms. The van der Waals surface area contributed by atoms with E-state index in [0.717, 1.165) is 12.1 Å². The van der Waals surface area contributed by atoms with Crippen molar-refractivity contribution in [3.63, 3.8) is 0 Å². The number of hydrogen-bond donors (Lipinski definition) is 0. The number of quaternary nitrogens is 1. The number of nitrogens with zero attached hydrogens (tertiary/aromatic N) is 4. The van der Waals surface area contributed by atoms with E-state index < -0.39 is 12.1 Å². The predicted octanol–water partition coefficient (Wildman–Crippen LogP) is 2.13. The van der Waals surface area contributed by atoms with Crippen molar-refractivity contribution in [3.05, 3.63) is 139 Å². The first-order valence-electron chi connectivity index (χ1n) is 12.1. The number of aromatic carboxylic acids is 1. The highest BCUT2D eigenvalue weighted by atomic mass is 16.4. The number of benzene rings is 3. The standard InChI is InChI=1S/C12H14N2O2.C11H13N2.C7H6O2/c1-13-7-8-14(10-13,12(15)16)9-11-5-3-2-4-6-11;1-12-7-8-13(10-12)9-11-5-3-2-4-6-11;8-7(9)6-4-2-1-3-5-6/h2-8H,9-10H2,1H3;2-8,10H,9H2,1H3;1-5H,(H,8,9)/q;+1;/p-1. The molecule has 2 heterocycles. The van der Waals surface area contributed by atoms with E-state index in [0.29, 0.717) is 13.2 Å². The van der Waals surface area contributed by atoms with Crippen LogP contribution in [0.4, 0.5) is 4.79 Å². The quantitative estimate of drug-likeness (QED) is 0.302. The number of rotatable bonds is 5. The fraction of sp³-hybridized carbons (Fsp3) is 0.167. The number of aromatic nitrogens is 2. The number of carbonyl (C=O) groups is 2. The van der Waals surface area contributed by atoms with Crippen molar-refractivity contribution >= 4 is 12.1 Å². The van der Waals surface area contributed by atoms with Crippen LogP contribution in [0.15, 0.2) is 122 Å². The van der Waals surface area contributed by atoms with Gasteiger partial charge in [0.15, 0.2) is 6.67 Å². The number of imidazole rings is 1. The molecule has 0 radical (unpaired) electrons. The Morgan fingerprint density at radius 2 is 1.42 bits per heavy atom. The summed E-state index contributed by atoms with van der Waals surface area (Å²) >= 11 is 0. The third-order valence-electron chi connectivity index (χ3n) is 5.79. The van der Waals surface area contributed by atoms with Gasteiger partial charge in [-0.25, -0.2) is 13.6 Å². The first-order chi connectivity index (χ1) is 18.3. The summed E-state index contributed by atoms with van der Waals surface area (Å²) in [5, 5.41) is 21.3. The third kappa shape index (κ3) is 8.46. The summed E-state index contributed by atoms with van der Waals surface area (Å²) in [5.74, 6) is -1.13. The molecule has 1 aliphatic rings. The van der Waals surface area contributed by atoms with Crippen molar-refractivity contribution < 1.29 is 28.9 Å². The summed E-state index contributed by atoms with van der Waals surface area (Å²) in [7, 11) is 3.88. The molecule has 0 N–H and O–H groups in total. The fourth-order valence-corrected chi connectivity index (χ4v) is 3.89. The number of aryl methyl sites for hydroxylation is 1. The zero-order valence-corrected chi connectivity index (χ0v) is 21.6. The minimum atomic E-state index is -1.13. The van der Waals surface area contributed by atoms with Gasteiger partial charge in [-0.15, -0.1) is 0 Å². The van der Waals surface area contributed by atoms with Gasteiger partial charge in [0, 0.05) is 12.6 Å². The van der Waals surface area contributed by atoms with E-state index in [4.69, 9.17) is 0 Å². The lowest BCUT2D eigenvalue weighted by Crippen LogP contribution is -2.54. The Balaban J connectivity index is 0.000000164. The minimum absolute atomic E-state index is 0.166. The average Bonchev–Trinajstić information content (AvgIpc) is 3.51. The van der Waals surface area contributed by atoms with Crippen molar-refractivity contribution in [2.24, 2.45) is 7.05 Å². The molecule has 0 bridgehead atoms. The van der Waals surface area contributed by atoms with Crippen LogP contribution in [0.2, 0.25) is 0 Å². The van der Waals surface area contributed by atoms with Gasteiger partial charge >= 0.3 is 0 Å². The average molecular weight is 513 g/mol. The van der Waals surface area contributed by atoms with Crippen molar-refractivity contribution in [1.82, 2.24) is 9.47 Å². The molecule has 0 saturated carbocycles. The molecule has 8 heteroatoms. The van der Waals surface area contributed by atoms with Gasteiger partial charge in [-0.3, -0.25) is 0 Å². The van der Waals surface area contributed by atoms with Crippen LogP contribution in [0, 0.1) is 0 Å². The summed E-state index contributed by atoms with van der Waals surface area (Å²) in [4.78, 5) is 23.2. The van der Waals surface area contributed by atoms with E-state index in [1.807, 2.05) is 66.2 Å². The van der Waals surface area contributed by atoms with Crippen LogP contribution in [-0.4, -0.2) is 39.7 Å². The van der Waals surface area contributed by atoms with E-state index in [1.54, 1.807) is 30.6 Å². The summed E-state index contributed by atoms with van der Waals surface area (Å²) in [6.45, 7) is 1.78. The van der Waals surface area contributed by atoms with Crippen LogP contribution >= 0.6 is 0 Å². The number of carbonyl (C=O) groups excluding carboxylic acids is 2. The lowest BCUT2D eigenvalue weighted by atomic mass is 10.2. The summed E-state index contributed by atoms with van der Waals surface area (Å²) in [6.07, 6.45) is 8.58. The Labute approximate surface area is 223 Å². The highest BCUT2D eigenvalue weighted by molar-refractivity contribution is 5.85. The molecule has 0 aliphatic carbocycles. The van der Waals surface area contributed by atoms with Crippen LogP contribution < -0.4 is 14.8 Å². The van der Waals surface area contributed by atoms with Gasteiger partial charge in [0.05, 0.1) is 19.2 Å². The van der Waals surface area contributed by atoms with Gasteiger partial charge in [-0.05, 0) is 11.1 Å². The molecule has 8 nitrogen and oxygen atoms in total. The molecule has 3 aromatic carbocycles. The van der Waals surface area contributed by atoms with Gasteiger partial charge < -0.3 is 24.7 Å². The van der Waals surface area contributed by atoms with Gasteiger partial charge in [0.25, 0.3) is 6.09 Å². The lowest BCUT2D eigenvalue weighted by Gasteiger charge is -2.31. The smallest absolute Gasteiger partial charge is 0.264 e. The van der Waals surface area contributed by atoms with Crippen LogP contribution in [0.3, 0.4) is 0 Å². The Kier molecular flexibility index (Phi) is 9.96. The molecule has 4 aromatic rings. The highest BCUT2D eigenvalue weighted by Gasteiger charge is 2.33. The Morgan fingerprint density at radius 3 is 1.84 bits per heavy atom. The van der Waals surface area contributed by atoms with Crippen molar-refractivity contribution in [2.45, 2.75) is 13.1 Å². The fourth-order valence-electron chi connectivity index (χ4n) is 3.89. The first kappa shape index (κ1) is 27.9. The molecule has 1 aromatic heterocycles. The number of carboxylic acid groups (broad SMARTS) is 2. The normalized spacial score (nSPS) is 15.6. The summed E-state index contributed by atoms with van der Waals surface area (Å²) in [6, 6.07) is 28.1. The molecule has 196 valence electrons. The van der Waals surface area contributed by atoms with Crippen molar-refractivity contribution in [1.29, 1.82) is 0 Å². The van der Waals surface area contributed by atoms with Gasteiger partial charge in [0.2, 0.25) is 6.33 Å². The van der Waals surface area contributed by atoms with E-state index in [2.05, 4.69) is 41.4 Å². The van der Waals surface area contributed by atoms with Crippen LogP contribution in [0.5, 0.6) is 0 Å². The molecule has 1 amide bonds. The Hall–Kier alpha value is -4.69. The van der Waals surface area contributed by atoms with E-state index in [9.17, 15) is 19.8 Å². The lowest BCUT2D eigenvalue weighted by molar-refractivity contribution is -0.842. The molecular formula is C30H32N4O4. The van der Waals surface area contributed by atoms with E-state index >= 15 is 0 Å². The maximum absolute atomic E-state index is 11.3. The largest absolute Gasteiger partial charge is 0.545 e. The Bertz CT molecular complexity index is 1320. The van der Waals surface area contributed by atoms with Crippen LogP contribution in [-0.2, 0) is 20.1 Å². The number of hydrogen-bond acceptors (Lipinski definition) is 5. The zero-order valence-electron chi connectivity index (χ0n) is 21.6. The molecule has 0 saturated heterocycles. The number of amides is 1. The zero-order chi connectivity index (χ0) is 27.4. The van der Waals surface area contributed by atoms with Gasteiger partial charge in [-0.1, -0.05) is 91.0 Å². The highest BCUT2D eigenvalue weighted by Crippen LogP contribution is 2.21. The van der Waals surface area contributed by atoms with Crippen molar-refractivity contribution in [3.8, 4) is 0 Å². The maximum Gasteiger partial charge on any atom is 0.264 e. The second-order valence-corrected chi connectivity index (χ2v) is 9.03. The van der Waals surface area contributed by atoms with Crippen molar-refractivity contribution in [2.75, 3.05) is 13.7 Å². The molecule has 5 rings (SSSR count). The number of carboxylic acids is 1. The maximum atomic E-state index is 11.3. The minimum Gasteiger partial charge on any atom is -0.545 e. The summed E-state index contributed by atoms with van der Waals surface area (Å²) in [5.41, 5.74) is 2.54. The topological polar surface area (TPSA) is 92.3 Å². The van der Waals surface area contributed by atoms with E-state index in [1.165, 1.54) is 17.7 Å². The van der Waals surface area contributed by atoms with Gasteiger partial charge in [0.1, 0.15) is 31.7 Å².